The fourth-order valence-electron chi connectivity index (χ4n) is 6.43. The molecule has 2 aromatic rings. The molecule has 11 heteroatoms. The van der Waals surface area contributed by atoms with Crippen LogP contribution in [0.25, 0.3) is 0 Å². The van der Waals surface area contributed by atoms with Crippen molar-refractivity contribution in [1.82, 2.24) is 24.5 Å². The number of benzene rings is 1. The Bertz CT molecular complexity index is 1290. The lowest BCUT2D eigenvalue weighted by molar-refractivity contribution is -0.137. The van der Waals surface area contributed by atoms with Gasteiger partial charge < -0.3 is 24.5 Å². The fourth-order valence-corrected chi connectivity index (χ4v) is 6.61. The van der Waals surface area contributed by atoms with Gasteiger partial charge in [-0.25, -0.2) is 0 Å². The Morgan fingerprint density at radius 2 is 1.79 bits per heavy atom. The summed E-state index contributed by atoms with van der Waals surface area (Å²) in [7, 11) is 0. The van der Waals surface area contributed by atoms with Crippen LogP contribution < -0.4 is 4.74 Å². The molecule has 208 valence electrons. The third-order valence-electron chi connectivity index (χ3n) is 8.67. The normalized spacial score (nSPS) is 25.8. The number of nitrogens with zero attached hydrogens (tertiary/aromatic N) is 5. The van der Waals surface area contributed by atoms with Crippen LogP contribution in [-0.4, -0.2) is 98.8 Å². The summed E-state index contributed by atoms with van der Waals surface area (Å²) in [6.07, 6.45) is 3.35. The van der Waals surface area contributed by atoms with Gasteiger partial charge in [0.1, 0.15) is 25.0 Å². The van der Waals surface area contributed by atoms with Gasteiger partial charge in [0.05, 0.1) is 5.02 Å². The van der Waals surface area contributed by atoms with Crippen molar-refractivity contribution in [2.75, 3.05) is 39.3 Å². The molecule has 2 saturated heterocycles. The van der Waals surface area contributed by atoms with Crippen LogP contribution in [0.2, 0.25) is 5.02 Å². The quantitative estimate of drug-likeness (QED) is 0.583. The Labute approximate surface area is 232 Å². The predicted octanol–water partition coefficient (Wildman–Crippen LogP) is 1.93. The van der Waals surface area contributed by atoms with E-state index in [4.69, 9.17) is 26.5 Å². The van der Waals surface area contributed by atoms with Gasteiger partial charge in [-0.2, -0.15) is 5.10 Å². The number of piperidine rings is 1. The second kappa shape index (κ2) is 10.5. The predicted molar refractivity (Wildman–Crippen MR) is 143 cm³/mol. The van der Waals surface area contributed by atoms with Crippen molar-refractivity contribution in [2.24, 2.45) is 5.92 Å². The molecular formula is C28H34ClN5O5. The number of rotatable bonds is 6. The van der Waals surface area contributed by atoms with E-state index in [1.165, 1.54) is 0 Å². The zero-order valence-electron chi connectivity index (χ0n) is 22.1. The van der Waals surface area contributed by atoms with Crippen molar-refractivity contribution >= 4 is 29.3 Å². The largest absolute Gasteiger partial charge is 0.489 e. The molecule has 4 aliphatic rings. The molecule has 2 aliphatic heterocycles. The molecule has 39 heavy (non-hydrogen) atoms. The molecule has 3 heterocycles. The van der Waals surface area contributed by atoms with Gasteiger partial charge >= 0.3 is 0 Å². The number of ether oxygens (including phenoxy) is 1. The molecule has 3 fully saturated rings. The topological polar surface area (TPSA) is 108 Å². The summed E-state index contributed by atoms with van der Waals surface area (Å²) >= 11 is 6.26. The Morgan fingerprint density at radius 3 is 2.51 bits per heavy atom. The minimum absolute atomic E-state index is 0.000281. The number of hydrogen-bond donors (Lipinski definition) is 1. The Kier molecular flexibility index (Phi) is 7.01. The monoisotopic (exact) mass is 555 g/mol. The zero-order valence-corrected chi connectivity index (χ0v) is 22.8. The summed E-state index contributed by atoms with van der Waals surface area (Å²) in [5, 5.41) is 14.4. The van der Waals surface area contributed by atoms with E-state index in [1.54, 1.807) is 14.5 Å². The van der Waals surface area contributed by atoms with E-state index in [0.717, 1.165) is 30.5 Å². The highest BCUT2D eigenvalue weighted by atomic mass is 35.5. The fraction of sp³-hybridized carbons (Fsp3) is 0.571. The highest BCUT2D eigenvalue weighted by Crippen LogP contribution is 2.57. The minimum Gasteiger partial charge on any atom is -0.489 e. The smallest absolute Gasteiger partial charge is 0.274 e. The lowest BCUT2D eigenvalue weighted by Crippen LogP contribution is -2.51. The first-order valence-electron chi connectivity index (χ1n) is 13.8. The number of aliphatic hydroxyl groups excluding tert-OH is 1. The lowest BCUT2D eigenvalue weighted by atomic mass is 10.0. The third-order valence-corrected chi connectivity index (χ3v) is 8.98. The maximum Gasteiger partial charge on any atom is 0.274 e. The van der Waals surface area contributed by atoms with E-state index in [0.29, 0.717) is 67.4 Å². The van der Waals surface area contributed by atoms with Crippen molar-refractivity contribution in [2.45, 2.75) is 57.2 Å². The molecule has 1 N–H and O–H groups in total. The Balaban J connectivity index is 1.11. The summed E-state index contributed by atoms with van der Waals surface area (Å²) in [6, 6.07) is 7.44. The second-order valence-corrected chi connectivity index (χ2v) is 11.5. The number of piperazine rings is 1. The number of para-hydroxylation sites is 1. The van der Waals surface area contributed by atoms with Crippen LogP contribution in [0.5, 0.6) is 5.75 Å². The molecule has 0 radical (unpaired) electrons. The van der Waals surface area contributed by atoms with Gasteiger partial charge in [0, 0.05) is 62.9 Å². The average molecular weight is 556 g/mol. The summed E-state index contributed by atoms with van der Waals surface area (Å²) in [5.41, 5.74) is 2.50. The number of fused-ring (bicyclic) bond motifs is 3. The highest BCUT2D eigenvalue weighted by molar-refractivity contribution is 6.32. The van der Waals surface area contributed by atoms with Crippen LogP contribution in [0.15, 0.2) is 24.3 Å². The van der Waals surface area contributed by atoms with Gasteiger partial charge in [-0.15, -0.1) is 0 Å². The van der Waals surface area contributed by atoms with E-state index < -0.39 is 6.61 Å². The number of hydrogen-bond acceptors (Lipinski definition) is 6. The van der Waals surface area contributed by atoms with E-state index >= 15 is 0 Å². The minimum atomic E-state index is -0.520. The lowest BCUT2D eigenvalue weighted by Gasteiger charge is -2.37. The molecule has 1 aromatic carbocycles. The van der Waals surface area contributed by atoms with Gasteiger partial charge in [0.25, 0.3) is 5.91 Å². The molecule has 0 unspecified atom stereocenters. The average Bonchev–Trinajstić information content (AvgIpc) is 3.47. The first kappa shape index (κ1) is 26.1. The molecule has 1 saturated carbocycles. The first-order valence-corrected chi connectivity index (χ1v) is 14.2. The Morgan fingerprint density at radius 1 is 1.05 bits per heavy atom. The van der Waals surface area contributed by atoms with Crippen LogP contribution >= 0.6 is 11.6 Å². The maximum atomic E-state index is 13.5. The molecule has 1 aromatic heterocycles. The van der Waals surface area contributed by atoms with Crippen molar-refractivity contribution in [3.05, 3.63) is 46.2 Å². The van der Waals surface area contributed by atoms with Crippen molar-refractivity contribution in [3.8, 4) is 5.75 Å². The number of aliphatic hydroxyl groups is 1. The molecule has 10 nitrogen and oxygen atoms in total. The van der Waals surface area contributed by atoms with Gasteiger partial charge in [0.15, 0.2) is 5.69 Å². The molecule has 0 bridgehead atoms. The molecule has 2 aliphatic carbocycles. The molecule has 3 amide bonds. The van der Waals surface area contributed by atoms with Crippen LogP contribution in [0.4, 0.5) is 0 Å². The van der Waals surface area contributed by atoms with Crippen molar-refractivity contribution in [3.63, 3.8) is 0 Å². The van der Waals surface area contributed by atoms with E-state index in [1.807, 2.05) is 36.1 Å². The molecular weight excluding hydrogens is 522 g/mol. The van der Waals surface area contributed by atoms with Crippen LogP contribution in [0.3, 0.4) is 0 Å². The van der Waals surface area contributed by atoms with Gasteiger partial charge in [-0.3, -0.25) is 19.1 Å². The Hall–Kier alpha value is -3.11. The van der Waals surface area contributed by atoms with Crippen molar-refractivity contribution in [1.29, 1.82) is 0 Å². The van der Waals surface area contributed by atoms with E-state index in [-0.39, 0.29) is 36.4 Å². The van der Waals surface area contributed by atoms with Crippen LogP contribution in [0.1, 0.15) is 53.8 Å². The van der Waals surface area contributed by atoms with Crippen LogP contribution in [0, 0.1) is 5.92 Å². The SMILES string of the molecule is C[C@@H]1C[C@H](Oc2ccccc2Cl)CCN1C(=O)Cn1nc(C(=O)N2CCN(C(=O)CO)CC2)c2c1C[C@H]1C[C@@H]21. The third kappa shape index (κ3) is 5.00. The van der Waals surface area contributed by atoms with Gasteiger partial charge in [-0.1, -0.05) is 23.7 Å². The van der Waals surface area contributed by atoms with Crippen molar-refractivity contribution < 1.29 is 24.2 Å². The number of carbonyl (C=O) groups excluding carboxylic acids is 3. The van der Waals surface area contributed by atoms with E-state index in [2.05, 4.69) is 0 Å². The number of halogens is 1. The second-order valence-electron chi connectivity index (χ2n) is 11.1. The van der Waals surface area contributed by atoms with Gasteiger partial charge in [-0.05, 0) is 43.7 Å². The molecule has 0 spiro atoms. The van der Waals surface area contributed by atoms with Gasteiger partial charge in [0.2, 0.25) is 11.8 Å². The number of amides is 3. The summed E-state index contributed by atoms with van der Waals surface area (Å²) in [5.74, 6) is 1.12. The standard InChI is InChI=1S/C28H34ClN5O5/c1-17-12-19(39-23-5-3-2-4-21(23)29)6-7-33(17)24(36)15-34-22-14-18-13-20(18)26(22)27(30-34)28(38)32-10-8-31(9-11-32)25(37)16-35/h2-5,17-20,35H,6-16H2,1H3/t17-,18-,19-,20-/m1/s1. The van der Waals surface area contributed by atoms with Crippen LogP contribution in [-0.2, 0) is 22.6 Å². The summed E-state index contributed by atoms with van der Waals surface area (Å²) in [4.78, 5) is 44.0. The van der Waals surface area contributed by atoms with E-state index in [9.17, 15) is 14.4 Å². The summed E-state index contributed by atoms with van der Waals surface area (Å²) in [6.45, 7) is 3.83. The first-order chi connectivity index (χ1) is 18.8. The molecule has 4 atom stereocenters. The number of aromatic nitrogens is 2. The number of carbonyl (C=O) groups is 3. The zero-order chi connectivity index (χ0) is 27.3. The maximum absolute atomic E-state index is 13.5. The molecule has 6 rings (SSSR count). The highest BCUT2D eigenvalue weighted by Gasteiger charge is 2.50. The number of likely N-dealkylation sites (tertiary alicyclic amines) is 1. The summed E-state index contributed by atoms with van der Waals surface area (Å²) < 4.78 is 7.90.